The van der Waals surface area contributed by atoms with Gasteiger partial charge >= 0.3 is 0 Å². The third-order valence-corrected chi connectivity index (χ3v) is 3.98. The van der Waals surface area contributed by atoms with E-state index in [1.54, 1.807) is 24.6 Å². The van der Waals surface area contributed by atoms with E-state index >= 15 is 0 Å². The number of nitrogens with zero attached hydrogens (tertiary/aromatic N) is 2. The molecule has 2 aromatic rings. The van der Waals surface area contributed by atoms with Crippen LogP contribution in [0.25, 0.3) is 0 Å². The van der Waals surface area contributed by atoms with E-state index in [1.807, 2.05) is 19.1 Å². The predicted octanol–water partition coefficient (Wildman–Crippen LogP) is 3.07. The lowest BCUT2D eigenvalue weighted by Gasteiger charge is -2.13. The number of aromatic nitrogens is 1. The van der Waals surface area contributed by atoms with Crippen LogP contribution in [0.2, 0.25) is 0 Å². The zero-order valence-electron chi connectivity index (χ0n) is 13.4. The van der Waals surface area contributed by atoms with Crippen molar-refractivity contribution in [2.75, 3.05) is 20.2 Å². The molecule has 0 aliphatic rings. The van der Waals surface area contributed by atoms with Crippen molar-refractivity contribution in [3.05, 3.63) is 46.3 Å². The normalized spacial score (nSPS) is 10.8. The van der Waals surface area contributed by atoms with E-state index in [1.165, 1.54) is 4.88 Å². The summed E-state index contributed by atoms with van der Waals surface area (Å²) in [7, 11) is 1.77. The van der Waals surface area contributed by atoms with Crippen LogP contribution in [-0.4, -0.2) is 31.1 Å². The Bertz CT molecular complexity index is 590. The smallest absolute Gasteiger partial charge is 0.218 e. The van der Waals surface area contributed by atoms with Crippen molar-refractivity contribution < 1.29 is 4.74 Å². The van der Waals surface area contributed by atoms with Crippen LogP contribution in [-0.2, 0) is 13.0 Å². The fourth-order valence-corrected chi connectivity index (χ4v) is 2.69. The van der Waals surface area contributed by atoms with Gasteiger partial charge in [0.2, 0.25) is 5.88 Å². The maximum Gasteiger partial charge on any atom is 0.218 e. The number of hydrogen-bond donors (Lipinski definition) is 2. The van der Waals surface area contributed by atoms with Gasteiger partial charge in [0.25, 0.3) is 0 Å². The summed E-state index contributed by atoms with van der Waals surface area (Å²) < 4.78 is 5.52. The van der Waals surface area contributed by atoms with Crippen LogP contribution in [0.1, 0.15) is 17.4 Å². The van der Waals surface area contributed by atoms with Crippen LogP contribution in [0.3, 0.4) is 0 Å². The van der Waals surface area contributed by atoms with Crippen molar-refractivity contribution in [1.29, 1.82) is 0 Å². The molecule has 0 aliphatic heterocycles. The number of nitrogens with one attached hydrogen (secondary N) is 2. The third kappa shape index (κ3) is 6.74. The molecule has 0 aromatic carbocycles. The minimum Gasteiger partial charge on any atom is -0.478 e. The van der Waals surface area contributed by atoms with E-state index in [4.69, 9.17) is 4.74 Å². The number of pyridine rings is 1. The molecule has 0 bridgehead atoms. The van der Waals surface area contributed by atoms with Crippen LogP contribution < -0.4 is 15.4 Å². The van der Waals surface area contributed by atoms with Crippen molar-refractivity contribution in [3.8, 4) is 5.88 Å². The number of thiophene rings is 1. The molecule has 2 N–H and O–H groups in total. The summed E-state index contributed by atoms with van der Waals surface area (Å²) in [6, 6.07) is 8.13. The second-order valence-corrected chi connectivity index (χ2v) is 5.61. The molecule has 2 heterocycles. The lowest BCUT2D eigenvalue weighted by molar-refractivity contribution is 0.322. The maximum atomic E-state index is 5.52. The van der Waals surface area contributed by atoms with Gasteiger partial charge in [-0.2, -0.15) is 0 Å². The average molecular weight is 446 g/mol. The topological polar surface area (TPSA) is 58.5 Å². The van der Waals surface area contributed by atoms with Crippen molar-refractivity contribution in [1.82, 2.24) is 15.6 Å². The Morgan fingerprint density at radius 3 is 2.87 bits per heavy atom. The molecule has 23 heavy (non-hydrogen) atoms. The number of hydrogen-bond acceptors (Lipinski definition) is 4. The van der Waals surface area contributed by atoms with Gasteiger partial charge in [0.15, 0.2) is 5.96 Å². The van der Waals surface area contributed by atoms with Crippen molar-refractivity contribution in [2.45, 2.75) is 19.9 Å². The van der Waals surface area contributed by atoms with E-state index in [0.29, 0.717) is 19.0 Å². The highest BCUT2D eigenvalue weighted by Crippen LogP contribution is 2.13. The summed E-state index contributed by atoms with van der Waals surface area (Å²) in [5.74, 6) is 1.45. The molecule has 2 rings (SSSR count). The minimum atomic E-state index is 0. The first-order valence-corrected chi connectivity index (χ1v) is 8.25. The zero-order chi connectivity index (χ0) is 15.6. The molecular formula is C16H23IN4OS. The molecule has 0 spiro atoms. The quantitative estimate of drug-likeness (QED) is 0.390. The lowest BCUT2D eigenvalue weighted by Crippen LogP contribution is -2.37. The Labute approximate surface area is 158 Å². The molecule has 0 aliphatic carbocycles. The molecule has 0 radical (unpaired) electrons. The summed E-state index contributed by atoms with van der Waals surface area (Å²) >= 11 is 1.77. The van der Waals surface area contributed by atoms with E-state index in [9.17, 15) is 0 Å². The molecule has 0 atom stereocenters. The van der Waals surface area contributed by atoms with E-state index in [-0.39, 0.29) is 24.0 Å². The van der Waals surface area contributed by atoms with Crippen LogP contribution in [0.5, 0.6) is 5.88 Å². The Hall–Kier alpha value is -1.35. The van der Waals surface area contributed by atoms with Gasteiger partial charge in [-0.05, 0) is 30.9 Å². The molecule has 0 saturated heterocycles. The van der Waals surface area contributed by atoms with Gasteiger partial charge < -0.3 is 15.4 Å². The standard InChI is InChI=1S/C16H22N4OS.HI/c1-3-21-15-13(6-4-9-18-15)12-20-16(17-2)19-10-8-14-7-5-11-22-14;/h4-7,9,11H,3,8,10,12H2,1-2H3,(H2,17,19,20);1H. The first-order chi connectivity index (χ1) is 10.8. The van der Waals surface area contributed by atoms with Crippen LogP contribution in [0, 0.1) is 0 Å². The SMILES string of the molecule is CCOc1ncccc1CNC(=NC)NCCc1cccs1.I. The van der Waals surface area contributed by atoms with E-state index in [2.05, 4.69) is 38.1 Å². The summed E-state index contributed by atoms with van der Waals surface area (Å²) in [4.78, 5) is 9.85. The van der Waals surface area contributed by atoms with Gasteiger partial charge in [-0.1, -0.05) is 12.1 Å². The van der Waals surface area contributed by atoms with E-state index < -0.39 is 0 Å². The second-order valence-electron chi connectivity index (χ2n) is 4.58. The summed E-state index contributed by atoms with van der Waals surface area (Å²) in [5.41, 5.74) is 1.02. The van der Waals surface area contributed by atoms with Crippen LogP contribution in [0.4, 0.5) is 0 Å². The maximum absolute atomic E-state index is 5.52. The van der Waals surface area contributed by atoms with Gasteiger partial charge in [0.1, 0.15) is 0 Å². The van der Waals surface area contributed by atoms with Crippen molar-refractivity contribution in [3.63, 3.8) is 0 Å². The van der Waals surface area contributed by atoms with E-state index in [0.717, 1.165) is 24.5 Å². The second kappa shape index (κ2) is 11.2. The summed E-state index contributed by atoms with van der Waals surface area (Å²) in [6.45, 7) is 4.04. The molecule has 0 fully saturated rings. The van der Waals surface area contributed by atoms with Gasteiger partial charge in [0, 0.05) is 36.8 Å². The predicted molar refractivity (Wildman–Crippen MR) is 107 cm³/mol. The van der Waals surface area contributed by atoms with Gasteiger partial charge in [-0.15, -0.1) is 35.3 Å². The highest BCUT2D eigenvalue weighted by molar-refractivity contribution is 14.0. The van der Waals surface area contributed by atoms with Crippen LogP contribution in [0.15, 0.2) is 40.8 Å². The lowest BCUT2D eigenvalue weighted by atomic mass is 10.2. The zero-order valence-corrected chi connectivity index (χ0v) is 16.6. The first kappa shape index (κ1) is 19.7. The number of halogens is 1. The molecule has 0 unspecified atom stereocenters. The Morgan fingerprint density at radius 2 is 2.17 bits per heavy atom. The summed E-state index contributed by atoms with van der Waals surface area (Å²) in [6.07, 6.45) is 2.73. The van der Waals surface area contributed by atoms with Crippen molar-refractivity contribution >= 4 is 41.3 Å². The number of guanidine groups is 1. The fraction of sp³-hybridized carbons (Fsp3) is 0.375. The Kier molecular flexibility index (Phi) is 9.61. The molecule has 2 aromatic heterocycles. The summed E-state index contributed by atoms with van der Waals surface area (Å²) in [5, 5.41) is 8.70. The third-order valence-electron chi connectivity index (χ3n) is 3.04. The highest BCUT2D eigenvalue weighted by Gasteiger charge is 2.05. The van der Waals surface area contributed by atoms with Gasteiger partial charge in [-0.25, -0.2) is 4.98 Å². The number of rotatable bonds is 7. The Morgan fingerprint density at radius 1 is 1.30 bits per heavy atom. The van der Waals surface area contributed by atoms with Crippen LogP contribution >= 0.6 is 35.3 Å². The Balaban J connectivity index is 0.00000264. The molecular weight excluding hydrogens is 423 g/mol. The van der Waals surface area contributed by atoms with Gasteiger partial charge in [0.05, 0.1) is 6.61 Å². The molecule has 0 amide bonds. The largest absolute Gasteiger partial charge is 0.478 e. The fourth-order valence-electron chi connectivity index (χ4n) is 1.98. The highest BCUT2D eigenvalue weighted by atomic mass is 127. The molecule has 0 saturated carbocycles. The van der Waals surface area contributed by atoms with Gasteiger partial charge in [-0.3, -0.25) is 4.99 Å². The molecule has 126 valence electrons. The molecule has 7 heteroatoms. The number of ether oxygens (including phenoxy) is 1. The monoisotopic (exact) mass is 446 g/mol. The number of aliphatic imine (C=N–C) groups is 1. The molecule has 5 nitrogen and oxygen atoms in total. The first-order valence-electron chi connectivity index (χ1n) is 7.37. The van der Waals surface area contributed by atoms with Crippen molar-refractivity contribution in [2.24, 2.45) is 4.99 Å². The minimum absolute atomic E-state index is 0. The average Bonchev–Trinajstić information content (AvgIpc) is 3.05.